The fourth-order valence-electron chi connectivity index (χ4n) is 2.95. The third-order valence-electron chi connectivity index (χ3n) is 4.52. The van der Waals surface area contributed by atoms with Crippen LogP contribution in [0.3, 0.4) is 0 Å². The molecule has 5 nitrogen and oxygen atoms in total. The van der Waals surface area contributed by atoms with E-state index in [1.165, 1.54) is 29.1 Å². The van der Waals surface area contributed by atoms with Crippen LogP contribution in [0.4, 0.5) is 5.82 Å². The number of carbonyl (C=O) groups is 1. The quantitative estimate of drug-likeness (QED) is 0.518. The normalized spacial score (nSPS) is 13.8. The molecule has 4 aromatic heterocycles. The average Bonchev–Trinajstić information content (AvgIpc) is 3.17. The summed E-state index contributed by atoms with van der Waals surface area (Å²) < 4.78 is 0. The molecule has 4 aromatic rings. The second-order valence-electron chi connectivity index (χ2n) is 6.62. The van der Waals surface area contributed by atoms with Crippen LogP contribution in [0.25, 0.3) is 21.7 Å². The summed E-state index contributed by atoms with van der Waals surface area (Å²) >= 11 is 3.09. The monoisotopic (exact) mass is 392 g/mol. The van der Waals surface area contributed by atoms with E-state index in [1.807, 2.05) is 35.7 Å². The Balaban J connectivity index is 1.45. The molecule has 1 aliphatic rings. The number of aromatic nitrogens is 3. The van der Waals surface area contributed by atoms with E-state index in [1.54, 1.807) is 17.5 Å². The van der Waals surface area contributed by atoms with Crippen LogP contribution >= 0.6 is 22.7 Å². The summed E-state index contributed by atoms with van der Waals surface area (Å²) in [6.07, 6.45) is 5.42. The third kappa shape index (κ3) is 3.48. The summed E-state index contributed by atoms with van der Waals surface area (Å²) in [5.41, 5.74) is 0.686. The van der Waals surface area contributed by atoms with Gasteiger partial charge in [0.2, 0.25) is 0 Å². The number of nitrogens with zero attached hydrogens (tertiary/aromatic N) is 3. The third-order valence-corrected chi connectivity index (χ3v) is 6.44. The Bertz CT molecular complexity index is 1120. The maximum Gasteiger partial charge on any atom is 0.266 e. The highest BCUT2D eigenvalue weighted by molar-refractivity contribution is 7.16. The van der Waals surface area contributed by atoms with Crippen molar-refractivity contribution in [3.05, 3.63) is 57.7 Å². The van der Waals surface area contributed by atoms with Crippen molar-refractivity contribution in [2.75, 3.05) is 5.32 Å². The van der Waals surface area contributed by atoms with Gasteiger partial charge in [0.25, 0.3) is 5.91 Å². The first-order valence-corrected chi connectivity index (χ1v) is 10.5. The van der Waals surface area contributed by atoms with Gasteiger partial charge in [0.15, 0.2) is 5.82 Å². The first-order chi connectivity index (χ1) is 13.3. The summed E-state index contributed by atoms with van der Waals surface area (Å²) in [4.78, 5) is 29.1. The second-order valence-corrected chi connectivity index (χ2v) is 8.68. The smallest absolute Gasteiger partial charge is 0.266 e. The molecule has 1 aliphatic carbocycles. The SMILES string of the molecule is O=C(Nc1nc(-c2ccccn2)nc2sccc12)c1ccc(CC2CC2)s1. The van der Waals surface area contributed by atoms with Gasteiger partial charge in [-0.2, -0.15) is 0 Å². The number of amides is 1. The van der Waals surface area contributed by atoms with Gasteiger partial charge < -0.3 is 5.32 Å². The molecule has 0 bridgehead atoms. The Morgan fingerprint density at radius 3 is 2.89 bits per heavy atom. The van der Waals surface area contributed by atoms with Gasteiger partial charge in [-0.25, -0.2) is 9.97 Å². The fraction of sp³-hybridized carbons (Fsp3) is 0.200. The zero-order chi connectivity index (χ0) is 18.2. The minimum absolute atomic E-state index is 0.125. The maximum atomic E-state index is 12.8. The van der Waals surface area contributed by atoms with Crippen LogP contribution in [-0.4, -0.2) is 20.9 Å². The molecule has 0 atom stereocenters. The van der Waals surface area contributed by atoms with Crippen LogP contribution < -0.4 is 5.32 Å². The van der Waals surface area contributed by atoms with Gasteiger partial charge in [-0.3, -0.25) is 9.78 Å². The molecule has 1 N–H and O–H groups in total. The molecule has 0 spiro atoms. The van der Waals surface area contributed by atoms with E-state index < -0.39 is 0 Å². The van der Waals surface area contributed by atoms with Crippen LogP contribution in [0.2, 0.25) is 0 Å². The van der Waals surface area contributed by atoms with E-state index in [0.717, 1.165) is 22.6 Å². The lowest BCUT2D eigenvalue weighted by molar-refractivity contribution is 0.103. The average molecular weight is 393 g/mol. The number of fused-ring (bicyclic) bond motifs is 1. The van der Waals surface area contributed by atoms with Crippen LogP contribution in [0.1, 0.15) is 27.4 Å². The van der Waals surface area contributed by atoms with Crippen LogP contribution in [0.5, 0.6) is 0 Å². The zero-order valence-corrected chi connectivity index (χ0v) is 16.0. The van der Waals surface area contributed by atoms with Gasteiger partial charge in [-0.15, -0.1) is 22.7 Å². The highest BCUT2D eigenvalue weighted by atomic mass is 32.1. The number of hydrogen-bond donors (Lipinski definition) is 1. The molecule has 1 fully saturated rings. The Morgan fingerprint density at radius 2 is 2.07 bits per heavy atom. The lowest BCUT2D eigenvalue weighted by Gasteiger charge is -2.07. The number of rotatable bonds is 5. The molecule has 134 valence electrons. The molecule has 0 saturated heterocycles. The maximum absolute atomic E-state index is 12.8. The predicted molar refractivity (Wildman–Crippen MR) is 109 cm³/mol. The van der Waals surface area contributed by atoms with E-state index in [9.17, 15) is 4.79 Å². The van der Waals surface area contributed by atoms with Gasteiger partial charge >= 0.3 is 0 Å². The van der Waals surface area contributed by atoms with Crippen molar-refractivity contribution >= 4 is 44.6 Å². The lowest BCUT2D eigenvalue weighted by atomic mass is 10.2. The standard InChI is InChI=1S/C20H16N4OS2/c25-19(16-7-6-13(27-16)11-12-4-5-12)23-17-14-8-10-26-20(14)24-18(22-17)15-3-1-2-9-21-15/h1-3,6-10,12H,4-5,11H2,(H,22,23,24,25). The molecule has 7 heteroatoms. The van der Waals surface area contributed by atoms with Crippen molar-refractivity contribution in [1.29, 1.82) is 0 Å². The Hall–Kier alpha value is -2.64. The second kappa shape index (κ2) is 6.83. The van der Waals surface area contributed by atoms with Crippen LogP contribution in [0, 0.1) is 5.92 Å². The van der Waals surface area contributed by atoms with E-state index in [2.05, 4.69) is 26.3 Å². The van der Waals surface area contributed by atoms with E-state index in [4.69, 9.17) is 0 Å². The molecular formula is C20H16N4OS2. The zero-order valence-electron chi connectivity index (χ0n) is 14.4. The summed E-state index contributed by atoms with van der Waals surface area (Å²) in [7, 11) is 0. The molecule has 0 aliphatic heterocycles. The molecule has 4 heterocycles. The molecule has 5 rings (SSSR count). The highest BCUT2D eigenvalue weighted by Gasteiger charge is 2.23. The van der Waals surface area contributed by atoms with Crippen molar-refractivity contribution in [3.8, 4) is 11.5 Å². The number of carbonyl (C=O) groups excluding carboxylic acids is 1. The van der Waals surface area contributed by atoms with Crippen molar-refractivity contribution in [3.63, 3.8) is 0 Å². The van der Waals surface area contributed by atoms with Crippen LogP contribution in [-0.2, 0) is 6.42 Å². The Kier molecular flexibility index (Phi) is 4.18. The molecule has 1 saturated carbocycles. The van der Waals surface area contributed by atoms with Gasteiger partial charge in [0.05, 0.1) is 10.3 Å². The van der Waals surface area contributed by atoms with Crippen molar-refractivity contribution in [2.24, 2.45) is 5.92 Å². The number of thiophene rings is 2. The highest BCUT2D eigenvalue weighted by Crippen LogP contribution is 2.35. The van der Waals surface area contributed by atoms with Crippen LogP contribution in [0.15, 0.2) is 48.0 Å². The first kappa shape index (κ1) is 16.5. The fourth-order valence-corrected chi connectivity index (χ4v) is 4.73. The first-order valence-electron chi connectivity index (χ1n) is 8.83. The lowest BCUT2D eigenvalue weighted by Crippen LogP contribution is -2.12. The Labute approximate surface area is 164 Å². The molecule has 1 amide bonds. The predicted octanol–water partition coefficient (Wildman–Crippen LogP) is 5.02. The van der Waals surface area contributed by atoms with Crippen molar-refractivity contribution < 1.29 is 4.79 Å². The van der Waals surface area contributed by atoms with E-state index in [-0.39, 0.29) is 5.91 Å². The Morgan fingerprint density at radius 1 is 1.15 bits per heavy atom. The van der Waals surface area contributed by atoms with Crippen molar-refractivity contribution in [2.45, 2.75) is 19.3 Å². The number of pyridine rings is 1. The largest absolute Gasteiger partial charge is 0.305 e. The van der Waals surface area contributed by atoms with E-state index in [0.29, 0.717) is 22.2 Å². The number of anilines is 1. The summed E-state index contributed by atoms with van der Waals surface area (Å²) in [6.45, 7) is 0. The molecule has 27 heavy (non-hydrogen) atoms. The summed E-state index contributed by atoms with van der Waals surface area (Å²) in [6, 6.07) is 11.5. The number of hydrogen-bond acceptors (Lipinski definition) is 6. The molecular weight excluding hydrogens is 376 g/mol. The number of nitrogens with one attached hydrogen (secondary N) is 1. The topological polar surface area (TPSA) is 67.8 Å². The van der Waals surface area contributed by atoms with E-state index >= 15 is 0 Å². The van der Waals surface area contributed by atoms with Gasteiger partial charge in [0, 0.05) is 11.1 Å². The minimum atomic E-state index is -0.125. The summed E-state index contributed by atoms with van der Waals surface area (Å²) in [5, 5.41) is 5.78. The van der Waals surface area contributed by atoms with Gasteiger partial charge in [-0.05, 0) is 60.9 Å². The molecule has 0 unspecified atom stereocenters. The summed E-state index contributed by atoms with van der Waals surface area (Å²) in [5.74, 6) is 1.73. The molecule has 0 aromatic carbocycles. The van der Waals surface area contributed by atoms with Crippen molar-refractivity contribution in [1.82, 2.24) is 15.0 Å². The minimum Gasteiger partial charge on any atom is -0.305 e. The van der Waals surface area contributed by atoms with Gasteiger partial charge in [0.1, 0.15) is 16.3 Å². The molecule has 0 radical (unpaired) electrons. The van der Waals surface area contributed by atoms with Gasteiger partial charge in [-0.1, -0.05) is 6.07 Å².